The van der Waals surface area contributed by atoms with Crippen molar-refractivity contribution in [1.29, 1.82) is 0 Å². The lowest BCUT2D eigenvalue weighted by molar-refractivity contribution is 0.102. The van der Waals surface area contributed by atoms with Gasteiger partial charge >= 0.3 is 0 Å². The molecule has 0 aliphatic carbocycles. The summed E-state index contributed by atoms with van der Waals surface area (Å²) in [5, 5.41) is 13.1. The highest BCUT2D eigenvalue weighted by atomic mass is 16.3. The van der Waals surface area contributed by atoms with Crippen LogP contribution in [0.2, 0.25) is 0 Å². The van der Waals surface area contributed by atoms with E-state index < -0.39 is 5.91 Å². The van der Waals surface area contributed by atoms with Crippen LogP contribution >= 0.6 is 0 Å². The van der Waals surface area contributed by atoms with E-state index in [1.54, 1.807) is 30.3 Å². The fraction of sp³-hybridized carbons (Fsp3) is 0.158. The van der Waals surface area contributed by atoms with Crippen molar-refractivity contribution in [3.63, 3.8) is 0 Å². The lowest BCUT2D eigenvalue weighted by Crippen LogP contribution is -2.21. The van der Waals surface area contributed by atoms with Gasteiger partial charge in [-0.05, 0) is 29.7 Å². The lowest BCUT2D eigenvalue weighted by atomic mass is 10.0. The molecule has 0 radical (unpaired) electrons. The largest absolute Gasteiger partial charge is 0.508 e. The molecule has 5 nitrogen and oxygen atoms in total. The highest BCUT2D eigenvalue weighted by molar-refractivity contribution is 6.05. The van der Waals surface area contributed by atoms with Crippen LogP contribution in [0.15, 0.2) is 53.5 Å². The van der Waals surface area contributed by atoms with Crippen LogP contribution in [0, 0.1) is 0 Å². The van der Waals surface area contributed by atoms with Crippen LogP contribution in [0.3, 0.4) is 0 Å². The van der Waals surface area contributed by atoms with Crippen molar-refractivity contribution in [2.45, 2.75) is 19.8 Å². The summed E-state index contributed by atoms with van der Waals surface area (Å²) in [6.07, 6.45) is 1.41. The first-order chi connectivity index (χ1) is 11.5. The van der Waals surface area contributed by atoms with Crippen molar-refractivity contribution in [3.05, 3.63) is 70.0 Å². The Morgan fingerprint density at radius 2 is 1.92 bits per heavy atom. The van der Waals surface area contributed by atoms with E-state index in [1.807, 2.05) is 19.9 Å². The average molecular weight is 322 g/mol. The number of rotatable bonds is 3. The molecule has 0 atom stereocenters. The Morgan fingerprint density at radius 3 is 2.62 bits per heavy atom. The maximum absolute atomic E-state index is 12.4. The molecule has 3 rings (SSSR count). The monoisotopic (exact) mass is 322 g/mol. The highest BCUT2D eigenvalue weighted by Crippen LogP contribution is 2.28. The number of carbonyl (C=O) groups is 1. The minimum Gasteiger partial charge on any atom is -0.508 e. The number of hydrogen-bond donors (Lipinski definition) is 3. The quantitative estimate of drug-likeness (QED) is 0.689. The number of amides is 1. The van der Waals surface area contributed by atoms with Crippen LogP contribution in [0.25, 0.3) is 10.9 Å². The lowest BCUT2D eigenvalue weighted by Gasteiger charge is -2.11. The van der Waals surface area contributed by atoms with Gasteiger partial charge in [-0.15, -0.1) is 0 Å². The SMILES string of the molecule is CC(C)c1ccc(NC(=O)c2c[nH]c3ccccc3c2=O)cc1O. The topological polar surface area (TPSA) is 82.2 Å². The maximum atomic E-state index is 12.4. The fourth-order valence-electron chi connectivity index (χ4n) is 2.64. The number of anilines is 1. The number of aromatic amines is 1. The average Bonchev–Trinajstić information content (AvgIpc) is 2.55. The van der Waals surface area contributed by atoms with Crippen molar-refractivity contribution < 1.29 is 9.90 Å². The Morgan fingerprint density at radius 1 is 1.17 bits per heavy atom. The van der Waals surface area contributed by atoms with E-state index in [1.165, 1.54) is 12.3 Å². The Kier molecular flexibility index (Phi) is 4.08. The van der Waals surface area contributed by atoms with Gasteiger partial charge in [0.2, 0.25) is 5.43 Å². The van der Waals surface area contributed by atoms with Gasteiger partial charge in [0.15, 0.2) is 0 Å². The molecule has 0 aliphatic rings. The van der Waals surface area contributed by atoms with E-state index in [4.69, 9.17) is 0 Å². The van der Waals surface area contributed by atoms with Crippen molar-refractivity contribution in [2.75, 3.05) is 5.32 Å². The molecule has 5 heteroatoms. The van der Waals surface area contributed by atoms with E-state index in [9.17, 15) is 14.7 Å². The van der Waals surface area contributed by atoms with Crippen LogP contribution in [0.5, 0.6) is 5.75 Å². The van der Waals surface area contributed by atoms with E-state index in [0.717, 1.165) is 5.56 Å². The van der Waals surface area contributed by atoms with Crippen LogP contribution in [-0.2, 0) is 0 Å². The predicted molar refractivity (Wildman–Crippen MR) is 94.7 cm³/mol. The van der Waals surface area contributed by atoms with Gasteiger partial charge in [-0.3, -0.25) is 9.59 Å². The molecule has 0 fully saturated rings. The fourth-order valence-corrected chi connectivity index (χ4v) is 2.64. The Hall–Kier alpha value is -3.08. The minimum atomic E-state index is -0.515. The second-order valence-electron chi connectivity index (χ2n) is 5.96. The second-order valence-corrected chi connectivity index (χ2v) is 5.96. The molecule has 3 aromatic rings. The molecule has 0 unspecified atom stereocenters. The first kappa shape index (κ1) is 15.8. The Balaban J connectivity index is 1.92. The third kappa shape index (κ3) is 2.88. The summed E-state index contributed by atoms with van der Waals surface area (Å²) < 4.78 is 0. The van der Waals surface area contributed by atoms with Gasteiger partial charge in [0.1, 0.15) is 11.3 Å². The standard InChI is InChI=1S/C19H18N2O3/c1-11(2)13-8-7-12(9-17(13)22)21-19(24)15-10-20-16-6-4-3-5-14(16)18(15)23/h3-11,22H,1-2H3,(H,20,23)(H,21,24). The summed E-state index contributed by atoms with van der Waals surface area (Å²) in [6, 6.07) is 12.0. The highest BCUT2D eigenvalue weighted by Gasteiger charge is 2.14. The molecular weight excluding hydrogens is 304 g/mol. The van der Waals surface area contributed by atoms with E-state index in [2.05, 4.69) is 10.3 Å². The molecule has 1 heterocycles. The van der Waals surface area contributed by atoms with Gasteiger partial charge in [0, 0.05) is 28.9 Å². The number of phenols is 1. The summed E-state index contributed by atoms with van der Waals surface area (Å²) in [4.78, 5) is 27.8. The number of fused-ring (bicyclic) bond motifs is 1. The van der Waals surface area contributed by atoms with Crippen molar-refractivity contribution >= 4 is 22.5 Å². The van der Waals surface area contributed by atoms with E-state index >= 15 is 0 Å². The number of para-hydroxylation sites is 1. The summed E-state index contributed by atoms with van der Waals surface area (Å²) in [7, 11) is 0. The molecule has 0 aliphatic heterocycles. The van der Waals surface area contributed by atoms with Crippen LogP contribution in [-0.4, -0.2) is 16.0 Å². The number of H-pyrrole nitrogens is 1. The molecule has 1 aromatic heterocycles. The van der Waals surface area contributed by atoms with E-state index in [0.29, 0.717) is 16.6 Å². The van der Waals surface area contributed by atoms with Gasteiger partial charge in [-0.2, -0.15) is 0 Å². The summed E-state index contributed by atoms with van der Waals surface area (Å²) in [5.41, 5.74) is 1.62. The number of benzene rings is 2. The number of aromatic nitrogens is 1. The first-order valence-electron chi connectivity index (χ1n) is 7.72. The van der Waals surface area contributed by atoms with Crippen LogP contribution < -0.4 is 10.7 Å². The van der Waals surface area contributed by atoms with E-state index in [-0.39, 0.29) is 22.7 Å². The van der Waals surface area contributed by atoms with Crippen molar-refractivity contribution in [3.8, 4) is 5.75 Å². The van der Waals surface area contributed by atoms with Gasteiger partial charge in [-0.1, -0.05) is 32.0 Å². The number of pyridine rings is 1. The third-order valence-corrected chi connectivity index (χ3v) is 3.94. The van der Waals surface area contributed by atoms with Crippen molar-refractivity contribution in [2.24, 2.45) is 0 Å². The number of phenolic OH excluding ortho intramolecular Hbond substituents is 1. The minimum absolute atomic E-state index is 0.0288. The number of aromatic hydroxyl groups is 1. The zero-order valence-corrected chi connectivity index (χ0v) is 13.5. The molecule has 3 N–H and O–H groups in total. The summed E-state index contributed by atoms with van der Waals surface area (Å²) in [6.45, 7) is 3.95. The second kappa shape index (κ2) is 6.20. The zero-order valence-electron chi connectivity index (χ0n) is 13.5. The van der Waals surface area contributed by atoms with Crippen molar-refractivity contribution in [1.82, 2.24) is 4.98 Å². The molecule has 0 saturated carbocycles. The molecule has 0 spiro atoms. The third-order valence-electron chi connectivity index (χ3n) is 3.94. The molecule has 2 aromatic carbocycles. The summed E-state index contributed by atoms with van der Waals surface area (Å²) >= 11 is 0. The molecule has 122 valence electrons. The first-order valence-corrected chi connectivity index (χ1v) is 7.72. The molecule has 24 heavy (non-hydrogen) atoms. The zero-order chi connectivity index (χ0) is 17.3. The Bertz CT molecular complexity index is 974. The number of carbonyl (C=O) groups excluding carboxylic acids is 1. The van der Waals surface area contributed by atoms with Gasteiger partial charge in [0.25, 0.3) is 5.91 Å². The molecular formula is C19H18N2O3. The Labute approximate surface area is 139 Å². The van der Waals surface area contributed by atoms with Crippen LogP contribution in [0.4, 0.5) is 5.69 Å². The summed E-state index contributed by atoms with van der Waals surface area (Å²) in [5.74, 6) is -0.216. The number of hydrogen-bond acceptors (Lipinski definition) is 3. The smallest absolute Gasteiger partial charge is 0.261 e. The number of nitrogens with one attached hydrogen (secondary N) is 2. The predicted octanol–water partition coefficient (Wildman–Crippen LogP) is 3.61. The molecule has 0 bridgehead atoms. The maximum Gasteiger partial charge on any atom is 0.261 e. The normalized spacial score (nSPS) is 11.0. The molecule has 1 amide bonds. The van der Waals surface area contributed by atoms with Crippen LogP contribution in [0.1, 0.15) is 35.7 Å². The van der Waals surface area contributed by atoms with Gasteiger partial charge < -0.3 is 15.4 Å². The molecule has 0 saturated heterocycles. The van der Waals surface area contributed by atoms with Gasteiger partial charge in [-0.25, -0.2) is 0 Å². The van der Waals surface area contributed by atoms with Gasteiger partial charge in [0.05, 0.1) is 0 Å².